The summed E-state index contributed by atoms with van der Waals surface area (Å²) in [5.41, 5.74) is 41.5. The highest BCUT2D eigenvalue weighted by Crippen LogP contribution is 2.57. The lowest BCUT2D eigenvalue weighted by atomic mass is 9.30. The molecule has 0 saturated heterocycles. The van der Waals surface area contributed by atoms with Gasteiger partial charge in [0.15, 0.2) is 0 Å². The molecule has 0 atom stereocenters. The normalized spacial score (nSPS) is 16.1. The molecule has 13 aromatic rings. The molecule has 0 radical (unpaired) electrons. The summed E-state index contributed by atoms with van der Waals surface area (Å²) >= 11 is 0. The van der Waals surface area contributed by atoms with Crippen LogP contribution < -0.4 is 62.2 Å². The van der Waals surface area contributed by atoms with Gasteiger partial charge in [0.05, 0.1) is 22.7 Å². The van der Waals surface area contributed by atoms with E-state index in [0.29, 0.717) is 0 Å². The molecule has 6 aliphatic rings. The molecular formula is C100H94B2N6. The Morgan fingerprint density at radius 2 is 0.583 bits per heavy atom. The fourth-order valence-corrected chi connectivity index (χ4v) is 20.0. The zero-order valence-corrected chi connectivity index (χ0v) is 65.1. The summed E-state index contributed by atoms with van der Waals surface area (Å²) in [4.78, 5) is 15.8. The van der Waals surface area contributed by atoms with Crippen molar-refractivity contribution in [2.24, 2.45) is 0 Å². The molecule has 2 aliphatic carbocycles. The monoisotopic (exact) mass is 1400 g/mol. The van der Waals surface area contributed by atoms with Gasteiger partial charge < -0.3 is 29.4 Å². The minimum absolute atomic E-state index is 0.0287. The van der Waals surface area contributed by atoms with Crippen molar-refractivity contribution < 1.29 is 0 Å². The van der Waals surface area contributed by atoms with Gasteiger partial charge in [-0.05, 0) is 280 Å². The van der Waals surface area contributed by atoms with Gasteiger partial charge in [-0.25, -0.2) is 0 Å². The van der Waals surface area contributed by atoms with E-state index in [9.17, 15) is 0 Å². The van der Waals surface area contributed by atoms with Crippen molar-refractivity contribution in [3.63, 3.8) is 0 Å². The molecule has 0 fully saturated rings. The molecule has 6 nitrogen and oxygen atoms in total. The van der Waals surface area contributed by atoms with Crippen molar-refractivity contribution in [1.82, 2.24) is 0 Å². The molecule has 0 amide bonds. The second kappa shape index (κ2) is 24.7. The van der Waals surface area contributed by atoms with E-state index in [2.05, 4.69) is 393 Å². The van der Waals surface area contributed by atoms with Crippen LogP contribution in [0.5, 0.6) is 0 Å². The first kappa shape index (κ1) is 67.4. The third-order valence-corrected chi connectivity index (χ3v) is 25.8. The lowest BCUT2D eigenvalue weighted by molar-refractivity contribution is 0.332. The van der Waals surface area contributed by atoms with Gasteiger partial charge in [-0.15, -0.1) is 0 Å². The fraction of sp³-hybridized carbons (Fsp3) is 0.220. The van der Waals surface area contributed by atoms with Crippen LogP contribution >= 0.6 is 0 Å². The first-order valence-corrected chi connectivity index (χ1v) is 39.2. The quantitative estimate of drug-likeness (QED) is 0.126. The highest BCUT2D eigenvalue weighted by molar-refractivity contribution is 7.03. The van der Waals surface area contributed by atoms with E-state index < -0.39 is 0 Å². The summed E-state index contributed by atoms with van der Waals surface area (Å²) in [6.45, 7) is 33.2. The molecule has 4 heterocycles. The molecule has 8 heteroatoms. The Morgan fingerprint density at radius 3 is 1.03 bits per heavy atom. The number of rotatable bonds is 10. The van der Waals surface area contributed by atoms with Crippen molar-refractivity contribution in [3.8, 4) is 0 Å². The highest BCUT2D eigenvalue weighted by Gasteiger charge is 2.51. The number of anilines is 18. The van der Waals surface area contributed by atoms with Crippen molar-refractivity contribution in [3.05, 3.63) is 323 Å². The van der Waals surface area contributed by atoms with E-state index >= 15 is 0 Å². The summed E-state index contributed by atoms with van der Waals surface area (Å²) < 4.78 is 0. The second-order valence-corrected chi connectivity index (χ2v) is 34.5. The third kappa shape index (κ3) is 10.3. The van der Waals surface area contributed by atoms with Crippen molar-refractivity contribution in [2.75, 3.05) is 29.4 Å². The molecular weight excluding hydrogens is 1310 g/mol. The third-order valence-electron chi connectivity index (χ3n) is 25.8. The van der Waals surface area contributed by atoms with Crippen molar-refractivity contribution >= 4 is 149 Å². The van der Waals surface area contributed by atoms with E-state index in [-0.39, 0.29) is 35.1 Å². The number of fused-ring (bicyclic) bond motifs is 10. The molecule has 19 rings (SSSR count). The summed E-state index contributed by atoms with van der Waals surface area (Å²) in [6, 6.07) is 103. The maximum Gasteiger partial charge on any atom is 0.252 e. The molecule has 0 spiro atoms. The lowest BCUT2D eigenvalue weighted by Crippen LogP contribution is -2.65. The van der Waals surface area contributed by atoms with Gasteiger partial charge in [-0.1, -0.05) is 219 Å². The van der Waals surface area contributed by atoms with Crippen LogP contribution in [-0.4, -0.2) is 13.4 Å². The van der Waals surface area contributed by atoms with Crippen LogP contribution in [0, 0.1) is 41.5 Å². The molecule has 530 valence electrons. The van der Waals surface area contributed by atoms with Gasteiger partial charge >= 0.3 is 0 Å². The number of hydrogen-bond acceptors (Lipinski definition) is 6. The molecule has 0 N–H and O–H groups in total. The Bertz CT molecular complexity index is 5810. The van der Waals surface area contributed by atoms with Gasteiger partial charge in [0.2, 0.25) is 0 Å². The number of benzene rings is 13. The van der Waals surface area contributed by atoms with E-state index in [0.717, 1.165) is 88.2 Å². The van der Waals surface area contributed by atoms with E-state index in [4.69, 9.17) is 0 Å². The SMILES string of the molecule is Cc1ccccc1N(c1cc2c3c(c1)N(c1ccccc1)c1cc4c(cc1B3c1ccccc1N2c1ccccc1)B1c2cc3c(cc2N(c2ccc5c(c2)C(C)(C)CCC5(C)C)c2cc(N(c5ccccc5C)c5c(C)cccc5C)cc(c21)N4c1ccccc1)C(C)(C)CCC3(C)C)c1c(C)cccc1C. The fourth-order valence-electron chi connectivity index (χ4n) is 20.0. The van der Waals surface area contributed by atoms with Gasteiger partial charge in [-0.2, -0.15) is 0 Å². The maximum atomic E-state index is 2.75. The van der Waals surface area contributed by atoms with Gasteiger partial charge in [0.25, 0.3) is 13.4 Å². The number of para-hydroxylation sites is 8. The Labute approximate surface area is 640 Å². The predicted molar refractivity (Wildman–Crippen MR) is 463 cm³/mol. The summed E-state index contributed by atoms with van der Waals surface area (Å²) in [5, 5.41) is 0. The average molecular weight is 1400 g/mol. The molecule has 0 saturated carbocycles. The summed E-state index contributed by atoms with van der Waals surface area (Å²) in [5.74, 6) is 0. The summed E-state index contributed by atoms with van der Waals surface area (Å²) in [7, 11) is 0. The van der Waals surface area contributed by atoms with Crippen LogP contribution in [0.2, 0.25) is 0 Å². The van der Waals surface area contributed by atoms with Crippen LogP contribution in [0.3, 0.4) is 0 Å². The standard InChI is InChI=1S/C100H94B2N6/c1-63-32-24-27-45-83(63)107(95-65(3)34-30-35-66(95)4)73-55-89-93-90(56-73)104(70-40-20-16-21-41-70)87-62-88-82(61-81(87)101(93)79-44-26-29-47-85(79)103(89)69-38-18-15-19-39-69)102-80-59-77-78(100(13,14)53-52-99(77,11)12)60-86(80)106(72-48-49-75-76(54-72)98(9,10)51-50-97(75,7)8)92-58-74(57-91(94(92)102)105(88)71-42-22-17-23-43-71)108(84-46-28-25-33-64(84)2)96-67(5)36-31-37-68(96)6/h15-49,54-62H,50-53H2,1-14H3. The molecule has 108 heavy (non-hydrogen) atoms. The van der Waals surface area contributed by atoms with Gasteiger partial charge in [0, 0.05) is 79.6 Å². The Morgan fingerprint density at radius 1 is 0.250 bits per heavy atom. The first-order valence-electron chi connectivity index (χ1n) is 39.2. The Hall–Kier alpha value is -11.2. The Balaban J connectivity index is 0.973. The first-order chi connectivity index (χ1) is 52.1. The lowest BCUT2D eigenvalue weighted by Gasteiger charge is -2.49. The zero-order chi connectivity index (χ0) is 74.2. The highest BCUT2D eigenvalue weighted by atomic mass is 15.2. The second-order valence-electron chi connectivity index (χ2n) is 34.5. The summed E-state index contributed by atoms with van der Waals surface area (Å²) in [6.07, 6.45) is 4.47. The predicted octanol–water partition coefficient (Wildman–Crippen LogP) is 23.3. The Kier molecular flexibility index (Phi) is 15.4. The average Bonchev–Trinajstić information content (AvgIpc) is 0.682. The maximum absolute atomic E-state index is 2.75. The van der Waals surface area contributed by atoms with E-state index in [1.807, 2.05) is 0 Å². The topological polar surface area (TPSA) is 19.4 Å². The number of nitrogens with zero attached hydrogens (tertiary/aromatic N) is 6. The van der Waals surface area contributed by atoms with Crippen LogP contribution in [0.25, 0.3) is 0 Å². The van der Waals surface area contributed by atoms with Gasteiger partial charge in [-0.3, -0.25) is 0 Å². The minimum Gasteiger partial charge on any atom is -0.311 e. The van der Waals surface area contributed by atoms with Crippen LogP contribution in [-0.2, 0) is 21.7 Å². The van der Waals surface area contributed by atoms with Crippen molar-refractivity contribution in [2.45, 2.75) is 144 Å². The van der Waals surface area contributed by atoms with E-state index in [1.54, 1.807) is 0 Å². The smallest absolute Gasteiger partial charge is 0.252 e. The van der Waals surface area contributed by atoms with Crippen LogP contribution in [0.1, 0.15) is 137 Å². The largest absolute Gasteiger partial charge is 0.311 e. The molecule has 13 aromatic carbocycles. The van der Waals surface area contributed by atoms with Crippen LogP contribution in [0.15, 0.2) is 267 Å². The van der Waals surface area contributed by atoms with Crippen molar-refractivity contribution in [1.29, 1.82) is 0 Å². The minimum atomic E-state index is -0.213. The zero-order valence-electron chi connectivity index (χ0n) is 65.1. The number of hydrogen-bond donors (Lipinski definition) is 0. The van der Waals surface area contributed by atoms with Gasteiger partial charge in [0.1, 0.15) is 0 Å². The van der Waals surface area contributed by atoms with Crippen LogP contribution in [0.4, 0.5) is 102 Å². The molecule has 0 unspecified atom stereocenters. The van der Waals surface area contributed by atoms with E-state index in [1.165, 1.54) is 128 Å². The number of aryl methyl sites for hydroxylation is 6. The molecule has 0 aromatic heterocycles. The molecule has 0 bridgehead atoms. The molecule has 4 aliphatic heterocycles.